The van der Waals surface area contributed by atoms with Crippen molar-refractivity contribution in [1.29, 1.82) is 0 Å². The summed E-state index contributed by atoms with van der Waals surface area (Å²) < 4.78 is 21.3. The number of pyridine rings is 1. The van der Waals surface area contributed by atoms with E-state index in [0.29, 0.717) is 25.4 Å². The molecule has 11 nitrogen and oxygen atoms in total. The van der Waals surface area contributed by atoms with E-state index in [1.165, 1.54) is 0 Å². The molecule has 0 saturated carbocycles. The maximum atomic E-state index is 6.11. The van der Waals surface area contributed by atoms with Crippen molar-refractivity contribution in [3.8, 4) is 23.2 Å². The zero-order chi connectivity index (χ0) is 28.6. The number of hydrogen-bond donors (Lipinski definition) is 1. The third kappa shape index (κ3) is 7.09. The van der Waals surface area contributed by atoms with Gasteiger partial charge < -0.3 is 23.9 Å². The monoisotopic (exact) mass is 564 g/mol. The van der Waals surface area contributed by atoms with Crippen molar-refractivity contribution in [1.82, 2.24) is 34.7 Å². The highest BCUT2D eigenvalue weighted by Crippen LogP contribution is 2.25. The predicted octanol–water partition coefficient (Wildman–Crippen LogP) is 4.69. The molecule has 214 valence electrons. The Hall–Kier alpha value is -4.79. The molecule has 6 rings (SSSR count). The molecule has 5 heterocycles. The lowest BCUT2D eigenvalue weighted by molar-refractivity contribution is -0.188. The Morgan fingerprint density at radius 3 is 2.71 bits per heavy atom. The van der Waals surface area contributed by atoms with Crippen molar-refractivity contribution in [2.75, 3.05) is 18.5 Å². The molecule has 0 amide bonds. The van der Waals surface area contributed by atoms with Gasteiger partial charge in [0.05, 0.1) is 19.3 Å². The highest BCUT2D eigenvalue weighted by atomic mass is 16.7. The maximum Gasteiger partial charge on any atom is 0.167 e. The highest BCUT2D eigenvalue weighted by Gasteiger charge is 2.21. The second-order valence-corrected chi connectivity index (χ2v) is 10.0. The molecule has 1 fully saturated rings. The minimum absolute atomic E-state index is 0.174. The minimum Gasteiger partial charge on any atom is -0.368 e. The SMILES string of the molecule is C[C@H](OC1CCCCO1)c1nccn1Cc1cc(-c2ccc(C#Cc3ccc(NCCn4ccnn4)nc3)cc2)on1. The summed E-state index contributed by atoms with van der Waals surface area (Å²) in [6.07, 6.45) is 11.7. The molecule has 1 unspecified atom stereocenters. The van der Waals surface area contributed by atoms with Crippen molar-refractivity contribution >= 4 is 5.82 Å². The Labute approximate surface area is 243 Å². The van der Waals surface area contributed by atoms with Gasteiger partial charge >= 0.3 is 0 Å². The van der Waals surface area contributed by atoms with E-state index >= 15 is 0 Å². The minimum atomic E-state index is -0.190. The molecule has 1 N–H and O–H groups in total. The van der Waals surface area contributed by atoms with Gasteiger partial charge in [0.15, 0.2) is 12.1 Å². The van der Waals surface area contributed by atoms with Crippen LogP contribution < -0.4 is 5.32 Å². The molecule has 1 saturated heterocycles. The molecule has 1 aromatic carbocycles. The van der Waals surface area contributed by atoms with Crippen molar-refractivity contribution in [2.24, 2.45) is 0 Å². The zero-order valence-electron chi connectivity index (χ0n) is 23.4. The first-order valence-electron chi connectivity index (χ1n) is 14.1. The summed E-state index contributed by atoms with van der Waals surface area (Å²) >= 11 is 0. The zero-order valence-corrected chi connectivity index (χ0v) is 23.4. The smallest absolute Gasteiger partial charge is 0.167 e. The Morgan fingerprint density at radius 1 is 1.05 bits per heavy atom. The van der Waals surface area contributed by atoms with E-state index < -0.39 is 0 Å². The molecule has 0 bridgehead atoms. The lowest BCUT2D eigenvalue weighted by Gasteiger charge is -2.26. The van der Waals surface area contributed by atoms with Gasteiger partial charge in [-0.2, -0.15) is 0 Å². The lowest BCUT2D eigenvalue weighted by Crippen LogP contribution is -2.24. The van der Waals surface area contributed by atoms with Crippen LogP contribution in [0.3, 0.4) is 0 Å². The standard InChI is InChI=1S/C31H32N8O3/c1-23(41-30-4-2-3-19-40-30)31-33-13-16-38(31)22-27-20-28(42-36-27)26-10-7-24(8-11-26)5-6-25-9-12-29(34-21-25)32-14-17-39-18-15-35-37-39/h7-13,15-16,18,20-21,23,30H,2-4,14,17,19,22H2,1H3,(H,32,34)/t23-,30?/m0/s1. The Morgan fingerprint density at radius 2 is 1.93 bits per heavy atom. The summed E-state index contributed by atoms with van der Waals surface area (Å²) in [6.45, 7) is 4.70. The average Bonchev–Trinajstić information content (AvgIpc) is 3.81. The first-order valence-corrected chi connectivity index (χ1v) is 14.1. The normalized spacial score (nSPS) is 15.6. The van der Waals surface area contributed by atoms with Crippen LogP contribution in [0.1, 0.15) is 54.9 Å². The fourth-order valence-corrected chi connectivity index (χ4v) is 4.70. The molecule has 1 aliphatic heterocycles. The Kier molecular flexibility index (Phi) is 8.64. The van der Waals surface area contributed by atoms with E-state index in [1.54, 1.807) is 23.3 Å². The predicted molar refractivity (Wildman–Crippen MR) is 155 cm³/mol. The Bertz CT molecular complexity index is 1610. The van der Waals surface area contributed by atoms with Crippen molar-refractivity contribution < 1.29 is 14.0 Å². The largest absolute Gasteiger partial charge is 0.368 e. The third-order valence-electron chi connectivity index (χ3n) is 6.90. The van der Waals surface area contributed by atoms with E-state index in [9.17, 15) is 0 Å². The molecule has 0 radical (unpaired) electrons. The van der Waals surface area contributed by atoms with Crippen LogP contribution in [0, 0.1) is 11.8 Å². The fraction of sp³-hybridized carbons (Fsp3) is 0.323. The number of aromatic nitrogens is 7. The Balaban J connectivity index is 1.03. The van der Waals surface area contributed by atoms with Gasteiger partial charge in [-0.3, -0.25) is 4.68 Å². The average molecular weight is 565 g/mol. The van der Waals surface area contributed by atoms with Gasteiger partial charge in [-0.15, -0.1) is 5.10 Å². The molecule has 42 heavy (non-hydrogen) atoms. The number of anilines is 1. The van der Waals surface area contributed by atoms with Crippen LogP contribution in [0.15, 0.2) is 78.0 Å². The number of benzene rings is 1. The van der Waals surface area contributed by atoms with Gasteiger partial charge in [-0.05, 0) is 62.6 Å². The summed E-state index contributed by atoms with van der Waals surface area (Å²) in [4.78, 5) is 8.95. The maximum absolute atomic E-state index is 6.11. The molecule has 4 aromatic heterocycles. The van der Waals surface area contributed by atoms with Gasteiger partial charge in [0, 0.05) is 60.7 Å². The molecule has 2 atom stereocenters. The highest BCUT2D eigenvalue weighted by molar-refractivity contribution is 5.59. The van der Waals surface area contributed by atoms with E-state index in [0.717, 1.165) is 59.9 Å². The topological polar surface area (TPSA) is 118 Å². The number of rotatable bonds is 10. The molecule has 0 aliphatic carbocycles. The van der Waals surface area contributed by atoms with E-state index in [1.807, 2.05) is 66.3 Å². The first-order chi connectivity index (χ1) is 20.7. The van der Waals surface area contributed by atoms with Crippen molar-refractivity contribution in [3.05, 3.63) is 96.1 Å². The van der Waals surface area contributed by atoms with Gasteiger partial charge in [0.1, 0.15) is 23.4 Å². The summed E-state index contributed by atoms with van der Waals surface area (Å²) in [5, 5.41) is 15.3. The lowest BCUT2D eigenvalue weighted by atomic mass is 10.1. The van der Waals surface area contributed by atoms with Gasteiger partial charge in [-0.1, -0.05) is 22.2 Å². The molecular formula is C31H32N8O3. The molecule has 0 spiro atoms. The quantitative estimate of drug-likeness (QED) is 0.241. The molecule has 5 aromatic rings. The van der Waals surface area contributed by atoms with Gasteiger partial charge in [0.2, 0.25) is 0 Å². The van der Waals surface area contributed by atoms with Crippen LogP contribution in [0.4, 0.5) is 5.82 Å². The van der Waals surface area contributed by atoms with Crippen LogP contribution in [-0.2, 0) is 22.6 Å². The van der Waals surface area contributed by atoms with Crippen molar-refractivity contribution in [3.63, 3.8) is 0 Å². The fourth-order valence-electron chi connectivity index (χ4n) is 4.70. The molecule has 1 aliphatic rings. The number of nitrogens with one attached hydrogen (secondary N) is 1. The summed E-state index contributed by atoms with van der Waals surface area (Å²) in [5.41, 5.74) is 3.47. The number of nitrogens with zero attached hydrogens (tertiary/aromatic N) is 7. The molecule has 11 heteroatoms. The third-order valence-corrected chi connectivity index (χ3v) is 6.90. The summed E-state index contributed by atoms with van der Waals surface area (Å²) in [7, 11) is 0. The second-order valence-electron chi connectivity index (χ2n) is 10.0. The second kappa shape index (κ2) is 13.2. The van der Waals surface area contributed by atoms with Crippen molar-refractivity contribution in [2.45, 2.75) is 51.7 Å². The van der Waals surface area contributed by atoms with E-state index in [2.05, 4.69) is 42.6 Å². The van der Waals surface area contributed by atoms with Crippen LogP contribution >= 0.6 is 0 Å². The summed E-state index contributed by atoms with van der Waals surface area (Å²) in [6, 6.07) is 13.7. The molecular weight excluding hydrogens is 532 g/mol. The van der Waals surface area contributed by atoms with Crippen LogP contribution in [0.25, 0.3) is 11.3 Å². The van der Waals surface area contributed by atoms with Crippen LogP contribution in [0.5, 0.6) is 0 Å². The number of hydrogen-bond acceptors (Lipinski definition) is 9. The summed E-state index contributed by atoms with van der Waals surface area (Å²) in [5.74, 6) is 8.68. The first kappa shape index (κ1) is 27.4. The van der Waals surface area contributed by atoms with Crippen LogP contribution in [0.2, 0.25) is 0 Å². The van der Waals surface area contributed by atoms with E-state index in [-0.39, 0.29) is 12.4 Å². The number of imidazole rings is 1. The van der Waals surface area contributed by atoms with Crippen LogP contribution in [-0.4, -0.2) is 54.1 Å². The number of ether oxygens (including phenoxy) is 2. The van der Waals surface area contributed by atoms with Gasteiger partial charge in [-0.25, -0.2) is 9.97 Å². The van der Waals surface area contributed by atoms with Gasteiger partial charge in [0.25, 0.3) is 0 Å². The van der Waals surface area contributed by atoms with E-state index in [4.69, 9.17) is 14.0 Å².